The summed E-state index contributed by atoms with van der Waals surface area (Å²) in [7, 11) is 3.59. The smallest absolute Gasteiger partial charge is 0.193 e. The molecular formula is C23H36N4O3. The van der Waals surface area contributed by atoms with E-state index in [2.05, 4.69) is 44.4 Å². The molecule has 3 heterocycles. The van der Waals surface area contributed by atoms with Crippen molar-refractivity contribution >= 4 is 5.96 Å². The maximum atomic E-state index is 6.02. The predicted octanol–water partition coefficient (Wildman–Crippen LogP) is 2.29. The summed E-state index contributed by atoms with van der Waals surface area (Å²) in [5.74, 6) is 1.86. The number of rotatable bonds is 6. The first-order valence-electron chi connectivity index (χ1n) is 11.4. The molecule has 0 aromatic heterocycles. The summed E-state index contributed by atoms with van der Waals surface area (Å²) in [6.45, 7) is 6.41. The number of nitrogens with one attached hydrogen (secondary N) is 1. The van der Waals surface area contributed by atoms with E-state index in [4.69, 9.17) is 14.2 Å². The second kappa shape index (κ2) is 10.5. The van der Waals surface area contributed by atoms with Gasteiger partial charge in [0.2, 0.25) is 0 Å². The van der Waals surface area contributed by atoms with Gasteiger partial charge in [-0.2, -0.15) is 0 Å². The van der Waals surface area contributed by atoms with Crippen molar-refractivity contribution in [1.82, 2.24) is 15.1 Å². The zero-order valence-electron chi connectivity index (χ0n) is 18.4. The van der Waals surface area contributed by atoms with Crippen molar-refractivity contribution in [1.29, 1.82) is 0 Å². The van der Waals surface area contributed by atoms with Crippen molar-refractivity contribution in [2.75, 3.05) is 60.1 Å². The molecule has 0 aliphatic carbocycles. The maximum Gasteiger partial charge on any atom is 0.193 e. The largest absolute Gasteiger partial charge is 0.497 e. The van der Waals surface area contributed by atoms with Gasteiger partial charge in [-0.3, -0.25) is 9.89 Å². The van der Waals surface area contributed by atoms with E-state index < -0.39 is 0 Å². The van der Waals surface area contributed by atoms with E-state index in [1.807, 2.05) is 7.05 Å². The Balaban J connectivity index is 1.40. The molecule has 0 spiro atoms. The van der Waals surface area contributed by atoms with Crippen molar-refractivity contribution in [3.63, 3.8) is 0 Å². The molecule has 3 aliphatic heterocycles. The SMILES string of the molecule is CN=C(NCC(c1ccc(OC)cc1)N1CCCC1)N1CCOC(C2CCCO2)C1. The van der Waals surface area contributed by atoms with Crippen LogP contribution < -0.4 is 10.1 Å². The molecule has 0 radical (unpaired) electrons. The number of benzene rings is 1. The van der Waals surface area contributed by atoms with Gasteiger partial charge < -0.3 is 24.4 Å². The van der Waals surface area contributed by atoms with Crippen molar-refractivity contribution in [3.8, 4) is 5.75 Å². The number of morpholine rings is 1. The third kappa shape index (κ3) is 5.07. The highest BCUT2D eigenvalue weighted by molar-refractivity contribution is 5.80. The van der Waals surface area contributed by atoms with Crippen molar-refractivity contribution < 1.29 is 14.2 Å². The minimum atomic E-state index is 0.135. The van der Waals surface area contributed by atoms with Crippen LogP contribution in [0.5, 0.6) is 5.75 Å². The van der Waals surface area contributed by atoms with Crippen LogP contribution in [0.25, 0.3) is 0 Å². The Labute approximate surface area is 180 Å². The Hall–Kier alpha value is -1.83. The second-order valence-electron chi connectivity index (χ2n) is 8.37. The van der Waals surface area contributed by atoms with Gasteiger partial charge in [0.15, 0.2) is 5.96 Å². The first kappa shape index (κ1) is 21.4. The fourth-order valence-electron chi connectivity index (χ4n) is 4.85. The van der Waals surface area contributed by atoms with Gasteiger partial charge in [-0.25, -0.2) is 0 Å². The van der Waals surface area contributed by atoms with Gasteiger partial charge >= 0.3 is 0 Å². The van der Waals surface area contributed by atoms with E-state index in [1.165, 1.54) is 18.4 Å². The van der Waals surface area contributed by atoms with Gasteiger partial charge in [0.05, 0.1) is 25.9 Å². The zero-order valence-corrected chi connectivity index (χ0v) is 18.4. The number of methoxy groups -OCH3 is 1. The van der Waals surface area contributed by atoms with Crippen molar-refractivity contribution in [2.45, 2.75) is 43.9 Å². The lowest BCUT2D eigenvalue weighted by molar-refractivity contribution is -0.0817. The first-order chi connectivity index (χ1) is 14.8. The zero-order chi connectivity index (χ0) is 20.8. The average molecular weight is 417 g/mol. The van der Waals surface area contributed by atoms with Crippen molar-refractivity contribution in [2.24, 2.45) is 4.99 Å². The number of aliphatic imine (C=N–C) groups is 1. The first-order valence-corrected chi connectivity index (χ1v) is 11.4. The fourth-order valence-corrected chi connectivity index (χ4v) is 4.85. The Morgan fingerprint density at radius 2 is 1.87 bits per heavy atom. The van der Waals surface area contributed by atoms with Crippen LogP contribution in [0, 0.1) is 0 Å². The van der Waals surface area contributed by atoms with Gasteiger partial charge in [-0.1, -0.05) is 12.1 Å². The lowest BCUT2D eigenvalue weighted by atomic mass is 10.1. The molecule has 4 rings (SSSR count). The molecule has 3 fully saturated rings. The Bertz CT molecular complexity index is 684. The molecule has 3 saturated heterocycles. The normalized spacial score (nSPS) is 26.7. The summed E-state index contributed by atoms with van der Waals surface area (Å²) in [5.41, 5.74) is 1.32. The standard InChI is InChI=1S/C23H36N4O3/c1-24-23(27-13-15-30-22(17-27)21-6-5-14-29-21)25-16-20(26-11-3-4-12-26)18-7-9-19(28-2)10-8-18/h7-10,20-22H,3-6,11-17H2,1-2H3,(H,24,25). The van der Waals surface area contributed by atoms with Crippen LogP contribution in [-0.4, -0.2) is 88.1 Å². The summed E-state index contributed by atoms with van der Waals surface area (Å²) < 4.78 is 17.2. The molecule has 7 nitrogen and oxygen atoms in total. The minimum Gasteiger partial charge on any atom is -0.497 e. The molecule has 3 unspecified atom stereocenters. The summed E-state index contributed by atoms with van der Waals surface area (Å²) >= 11 is 0. The van der Waals surface area contributed by atoms with Gasteiger partial charge in [0.1, 0.15) is 11.9 Å². The number of guanidine groups is 1. The summed E-state index contributed by atoms with van der Waals surface area (Å²) in [6, 6.07) is 8.82. The molecule has 1 aromatic rings. The molecule has 7 heteroatoms. The molecule has 1 aromatic carbocycles. The van der Waals surface area contributed by atoms with Crippen LogP contribution in [0.4, 0.5) is 0 Å². The Kier molecular flexibility index (Phi) is 7.47. The highest BCUT2D eigenvalue weighted by atomic mass is 16.5. The molecule has 30 heavy (non-hydrogen) atoms. The monoisotopic (exact) mass is 416 g/mol. The molecular weight excluding hydrogens is 380 g/mol. The van der Waals surface area contributed by atoms with Crippen LogP contribution in [0.3, 0.4) is 0 Å². The van der Waals surface area contributed by atoms with E-state index in [1.54, 1.807) is 7.11 Å². The summed E-state index contributed by atoms with van der Waals surface area (Å²) in [5, 5.41) is 3.66. The second-order valence-corrected chi connectivity index (χ2v) is 8.37. The summed E-state index contributed by atoms with van der Waals surface area (Å²) in [6.07, 6.45) is 5.14. The maximum absolute atomic E-state index is 6.02. The molecule has 1 N–H and O–H groups in total. The van der Waals surface area contributed by atoms with Crippen LogP contribution >= 0.6 is 0 Å². The van der Waals surface area contributed by atoms with Crippen molar-refractivity contribution in [3.05, 3.63) is 29.8 Å². The number of likely N-dealkylation sites (tertiary alicyclic amines) is 1. The molecule has 166 valence electrons. The van der Waals surface area contributed by atoms with Gasteiger partial charge in [-0.05, 0) is 56.5 Å². The topological polar surface area (TPSA) is 58.6 Å². The van der Waals surface area contributed by atoms with Crippen LogP contribution in [-0.2, 0) is 9.47 Å². The molecule has 0 bridgehead atoms. The van der Waals surface area contributed by atoms with Crippen LogP contribution in [0.1, 0.15) is 37.3 Å². The lowest BCUT2D eigenvalue weighted by Crippen LogP contribution is -2.54. The van der Waals surface area contributed by atoms with Gasteiger partial charge in [-0.15, -0.1) is 0 Å². The Morgan fingerprint density at radius 1 is 1.10 bits per heavy atom. The van der Waals surface area contributed by atoms with E-state index in [9.17, 15) is 0 Å². The third-order valence-electron chi connectivity index (χ3n) is 6.52. The number of nitrogens with zero attached hydrogens (tertiary/aromatic N) is 3. The van der Waals surface area contributed by atoms with Gasteiger partial charge in [0, 0.05) is 33.3 Å². The highest BCUT2D eigenvalue weighted by Gasteiger charge is 2.32. The number of hydrogen-bond donors (Lipinski definition) is 1. The molecule has 0 saturated carbocycles. The van der Waals surface area contributed by atoms with E-state index >= 15 is 0 Å². The van der Waals surface area contributed by atoms with E-state index in [0.29, 0.717) is 6.04 Å². The van der Waals surface area contributed by atoms with Crippen LogP contribution in [0.15, 0.2) is 29.3 Å². The van der Waals surface area contributed by atoms with E-state index in [0.717, 1.165) is 70.5 Å². The quantitative estimate of drug-likeness (QED) is 0.567. The average Bonchev–Trinajstić information content (AvgIpc) is 3.52. The van der Waals surface area contributed by atoms with Crippen LogP contribution in [0.2, 0.25) is 0 Å². The van der Waals surface area contributed by atoms with E-state index in [-0.39, 0.29) is 12.2 Å². The molecule has 3 atom stereocenters. The third-order valence-corrected chi connectivity index (χ3v) is 6.52. The van der Waals surface area contributed by atoms with Gasteiger partial charge in [0.25, 0.3) is 0 Å². The summed E-state index contributed by atoms with van der Waals surface area (Å²) in [4.78, 5) is 9.49. The fraction of sp³-hybridized carbons (Fsp3) is 0.696. The predicted molar refractivity (Wildman–Crippen MR) is 118 cm³/mol. The molecule has 3 aliphatic rings. The number of hydrogen-bond acceptors (Lipinski definition) is 5. The highest BCUT2D eigenvalue weighted by Crippen LogP contribution is 2.26. The minimum absolute atomic E-state index is 0.135. The molecule has 0 amide bonds. The Morgan fingerprint density at radius 3 is 2.53 bits per heavy atom. The number of ether oxygens (including phenoxy) is 3. The lowest BCUT2D eigenvalue weighted by Gasteiger charge is -2.38.